The molecule has 0 aromatic carbocycles. The van der Waals surface area contributed by atoms with Crippen molar-refractivity contribution in [3.05, 3.63) is 22.8 Å². The summed E-state index contributed by atoms with van der Waals surface area (Å²) in [4.78, 5) is 22.3. The maximum absolute atomic E-state index is 12.9. The average Bonchev–Trinajstić information content (AvgIpc) is 3.08. The minimum Gasteiger partial charge on any atom is -0.356 e. The van der Waals surface area contributed by atoms with Gasteiger partial charge in [0, 0.05) is 23.5 Å². The summed E-state index contributed by atoms with van der Waals surface area (Å²) in [5, 5.41) is 6.40. The first kappa shape index (κ1) is 21.5. The van der Waals surface area contributed by atoms with E-state index in [0.29, 0.717) is 23.5 Å². The van der Waals surface area contributed by atoms with Crippen LogP contribution in [0.25, 0.3) is 5.78 Å². The van der Waals surface area contributed by atoms with E-state index < -0.39 is 12.0 Å². The van der Waals surface area contributed by atoms with Crippen LogP contribution in [0.3, 0.4) is 0 Å². The first-order chi connectivity index (χ1) is 13.6. The Balaban J connectivity index is 1.57. The maximum atomic E-state index is 12.9. The molecule has 3 rings (SSSR count). The van der Waals surface area contributed by atoms with Crippen molar-refractivity contribution >= 4 is 11.7 Å². The third-order valence-corrected chi connectivity index (χ3v) is 5.49. The number of aryl methyl sites for hydroxylation is 2. The van der Waals surface area contributed by atoms with Crippen LogP contribution in [0, 0.1) is 19.8 Å². The van der Waals surface area contributed by atoms with Gasteiger partial charge in [-0.25, -0.2) is 9.50 Å². The number of fused-ring (bicyclic) bond motifs is 1. The van der Waals surface area contributed by atoms with E-state index in [1.165, 1.54) is 12.8 Å². The first-order valence-corrected chi connectivity index (χ1v) is 9.94. The lowest BCUT2D eigenvalue weighted by Crippen LogP contribution is -2.35. The molecule has 29 heavy (non-hydrogen) atoms. The second-order valence-electron chi connectivity index (χ2n) is 7.81. The predicted molar refractivity (Wildman–Crippen MR) is 101 cm³/mol. The number of likely N-dealkylation sites (tertiary alicyclic amines) is 1. The Kier molecular flexibility index (Phi) is 6.40. The number of nitrogens with zero attached hydrogens (tertiary/aromatic N) is 5. The number of carbonyl (C=O) groups excluding carboxylic acids is 1. The molecule has 0 spiro atoms. The standard InChI is InChI=1S/C19H27F3N6O/c1-12-5-9-27(10-6-12)8-4-7-23-16(29)11-15-13(2)24-18-25-17(19(20,21)22)26-28(18)14(15)3/h12H,4-11H2,1-3H3,(H,23,29). The lowest BCUT2D eigenvalue weighted by atomic mass is 9.99. The van der Waals surface area contributed by atoms with Crippen LogP contribution in [-0.2, 0) is 17.4 Å². The number of alkyl halides is 3. The number of carbonyl (C=O) groups is 1. The highest BCUT2D eigenvalue weighted by Crippen LogP contribution is 2.27. The molecule has 1 N–H and O–H groups in total. The molecule has 1 aliphatic rings. The molecule has 1 aliphatic heterocycles. The summed E-state index contributed by atoms with van der Waals surface area (Å²) in [7, 11) is 0. The van der Waals surface area contributed by atoms with Gasteiger partial charge < -0.3 is 10.2 Å². The molecule has 2 aromatic heterocycles. The quantitative estimate of drug-likeness (QED) is 0.738. The second-order valence-corrected chi connectivity index (χ2v) is 7.81. The zero-order valence-electron chi connectivity index (χ0n) is 17.0. The van der Waals surface area contributed by atoms with Gasteiger partial charge in [-0.2, -0.15) is 18.2 Å². The number of aromatic nitrogens is 4. The molecule has 0 atom stereocenters. The van der Waals surface area contributed by atoms with Gasteiger partial charge in [-0.05, 0) is 58.7 Å². The highest BCUT2D eigenvalue weighted by Gasteiger charge is 2.37. The summed E-state index contributed by atoms with van der Waals surface area (Å²) in [5.74, 6) is -0.741. The third kappa shape index (κ3) is 5.23. The van der Waals surface area contributed by atoms with Crippen molar-refractivity contribution in [2.75, 3.05) is 26.2 Å². The van der Waals surface area contributed by atoms with Crippen molar-refractivity contribution in [2.45, 2.75) is 52.6 Å². The fraction of sp³-hybridized carbons (Fsp3) is 0.684. The molecule has 7 nitrogen and oxygen atoms in total. The highest BCUT2D eigenvalue weighted by molar-refractivity contribution is 5.79. The van der Waals surface area contributed by atoms with Crippen molar-refractivity contribution in [3.63, 3.8) is 0 Å². The number of halogens is 3. The molecule has 2 aromatic rings. The Labute approximate surface area is 167 Å². The Morgan fingerprint density at radius 1 is 1.21 bits per heavy atom. The fourth-order valence-corrected chi connectivity index (χ4v) is 3.62. The molecule has 3 heterocycles. The molecule has 160 valence electrons. The van der Waals surface area contributed by atoms with Crippen LogP contribution in [0.1, 0.15) is 49.0 Å². The Morgan fingerprint density at radius 3 is 2.55 bits per heavy atom. The van der Waals surface area contributed by atoms with E-state index in [9.17, 15) is 18.0 Å². The van der Waals surface area contributed by atoms with Gasteiger partial charge in [-0.1, -0.05) is 6.92 Å². The highest BCUT2D eigenvalue weighted by atomic mass is 19.4. The maximum Gasteiger partial charge on any atom is 0.453 e. The molecular formula is C19H27F3N6O. The molecule has 1 amide bonds. The van der Waals surface area contributed by atoms with Crippen LogP contribution in [0.5, 0.6) is 0 Å². The summed E-state index contributed by atoms with van der Waals surface area (Å²) >= 11 is 0. The Hall–Kier alpha value is -2.23. The summed E-state index contributed by atoms with van der Waals surface area (Å²) < 4.78 is 39.6. The van der Waals surface area contributed by atoms with Gasteiger partial charge in [0.1, 0.15) is 0 Å². The summed E-state index contributed by atoms with van der Waals surface area (Å²) in [6.07, 6.45) is -1.29. The van der Waals surface area contributed by atoms with E-state index in [1.807, 2.05) is 0 Å². The van der Waals surface area contributed by atoms with Gasteiger partial charge in [0.25, 0.3) is 11.6 Å². The molecule has 0 saturated carbocycles. The van der Waals surface area contributed by atoms with Gasteiger partial charge in [0.2, 0.25) is 5.91 Å². The lowest BCUT2D eigenvalue weighted by molar-refractivity contribution is -0.144. The number of amides is 1. The van der Waals surface area contributed by atoms with E-state index >= 15 is 0 Å². The molecule has 1 fully saturated rings. The van der Waals surface area contributed by atoms with E-state index in [4.69, 9.17) is 0 Å². The van der Waals surface area contributed by atoms with Crippen molar-refractivity contribution in [1.29, 1.82) is 0 Å². The van der Waals surface area contributed by atoms with E-state index in [0.717, 1.165) is 36.5 Å². The molecule has 10 heteroatoms. The van der Waals surface area contributed by atoms with Crippen LogP contribution in [-0.4, -0.2) is 56.6 Å². The minimum absolute atomic E-state index is 0.0447. The SMILES string of the molecule is Cc1nc2nc(C(F)(F)F)nn2c(C)c1CC(=O)NCCCN1CCC(C)CC1. The smallest absolute Gasteiger partial charge is 0.356 e. The van der Waals surface area contributed by atoms with E-state index in [2.05, 4.69) is 32.2 Å². The van der Waals surface area contributed by atoms with E-state index in [1.54, 1.807) is 13.8 Å². The second kappa shape index (κ2) is 8.64. The van der Waals surface area contributed by atoms with Gasteiger partial charge in [-0.3, -0.25) is 4.79 Å². The third-order valence-electron chi connectivity index (χ3n) is 5.49. The number of hydrogen-bond donors (Lipinski definition) is 1. The van der Waals surface area contributed by atoms with Crippen molar-refractivity contribution in [1.82, 2.24) is 29.8 Å². The number of nitrogens with one attached hydrogen (secondary N) is 1. The van der Waals surface area contributed by atoms with Gasteiger partial charge >= 0.3 is 6.18 Å². The summed E-state index contributed by atoms with van der Waals surface area (Å²) in [6, 6.07) is 0. The molecule has 1 saturated heterocycles. The van der Waals surface area contributed by atoms with Crippen LogP contribution in [0.4, 0.5) is 13.2 Å². The molecular weight excluding hydrogens is 385 g/mol. The van der Waals surface area contributed by atoms with Gasteiger partial charge in [0.05, 0.1) is 6.42 Å². The van der Waals surface area contributed by atoms with Crippen molar-refractivity contribution in [2.24, 2.45) is 5.92 Å². The van der Waals surface area contributed by atoms with E-state index in [-0.39, 0.29) is 18.1 Å². The topological polar surface area (TPSA) is 75.4 Å². The molecule has 0 aliphatic carbocycles. The number of rotatable bonds is 6. The van der Waals surface area contributed by atoms with Crippen LogP contribution < -0.4 is 5.32 Å². The summed E-state index contributed by atoms with van der Waals surface area (Å²) in [5.41, 5.74) is 1.49. The van der Waals surface area contributed by atoms with Gasteiger partial charge in [0.15, 0.2) is 0 Å². The van der Waals surface area contributed by atoms with Gasteiger partial charge in [-0.15, -0.1) is 5.10 Å². The van der Waals surface area contributed by atoms with Crippen LogP contribution in [0.15, 0.2) is 0 Å². The number of piperidine rings is 1. The zero-order chi connectivity index (χ0) is 21.2. The lowest BCUT2D eigenvalue weighted by Gasteiger charge is -2.30. The summed E-state index contributed by atoms with van der Waals surface area (Å²) in [6.45, 7) is 9.30. The average molecular weight is 412 g/mol. The molecule has 0 radical (unpaired) electrons. The minimum atomic E-state index is -4.64. The Morgan fingerprint density at radius 2 is 1.90 bits per heavy atom. The van der Waals surface area contributed by atoms with Crippen molar-refractivity contribution < 1.29 is 18.0 Å². The van der Waals surface area contributed by atoms with Crippen molar-refractivity contribution in [3.8, 4) is 0 Å². The normalized spacial score (nSPS) is 16.5. The largest absolute Gasteiger partial charge is 0.453 e. The van der Waals surface area contributed by atoms with Crippen LogP contribution in [0.2, 0.25) is 0 Å². The monoisotopic (exact) mass is 412 g/mol. The van der Waals surface area contributed by atoms with Crippen LogP contribution >= 0.6 is 0 Å². The molecule has 0 bridgehead atoms. The fourth-order valence-electron chi connectivity index (χ4n) is 3.62. The Bertz CT molecular complexity index is 871. The number of hydrogen-bond acceptors (Lipinski definition) is 5. The first-order valence-electron chi connectivity index (χ1n) is 9.94. The molecule has 0 unspecified atom stereocenters. The zero-order valence-corrected chi connectivity index (χ0v) is 17.0. The predicted octanol–water partition coefficient (Wildman–Crippen LogP) is 2.54.